The van der Waals surface area contributed by atoms with Crippen LogP contribution in [-0.2, 0) is 0 Å². The minimum Gasteiger partial charge on any atom is -0.0928 e. The van der Waals surface area contributed by atoms with Crippen LogP contribution in [-0.4, -0.2) is 5.33 Å². The first-order chi connectivity index (χ1) is 5.88. The summed E-state index contributed by atoms with van der Waals surface area (Å²) in [6.45, 7) is 2.25. The molecule has 1 rings (SSSR count). The lowest BCUT2D eigenvalue weighted by molar-refractivity contribution is 0.649. The maximum atomic E-state index is 3.49. The van der Waals surface area contributed by atoms with Crippen molar-refractivity contribution in [2.75, 3.05) is 5.33 Å². The Bertz CT molecular complexity index is 206. The summed E-state index contributed by atoms with van der Waals surface area (Å²) in [6.07, 6.45) is 2.47. The highest BCUT2D eigenvalue weighted by atomic mass is 79.9. The molecular weight excluding hydrogens is 212 g/mol. The van der Waals surface area contributed by atoms with E-state index < -0.39 is 0 Å². The lowest BCUT2D eigenvalue weighted by atomic mass is 9.94. The Labute approximate surface area is 83.1 Å². The zero-order valence-corrected chi connectivity index (χ0v) is 9.05. The monoisotopic (exact) mass is 226 g/mol. The van der Waals surface area contributed by atoms with Crippen LogP contribution in [0.3, 0.4) is 0 Å². The van der Waals surface area contributed by atoms with Crippen LogP contribution < -0.4 is 0 Å². The molecule has 0 aliphatic carbocycles. The van der Waals surface area contributed by atoms with Gasteiger partial charge in [0.05, 0.1) is 0 Å². The summed E-state index contributed by atoms with van der Waals surface area (Å²) >= 11 is 3.49. The molecule has 0 aliphatic heterocycles. The average molecular weight is 227 g/mol. The normalized spacial score (nSPS) is 12.8. The lowest BCUT2D eigenvalue weighted by Crippen LogP contribution is -1.97. The summed E-state index contributed by atoms with van der Waals surface area (Å²) in [4.78, 5) is 0. The van der Waals surface area contributed by atoms with E-state index in [2.05, 4.69) is 53.2 Å². The van der Waals surface area contributed by atoms with E-state index in [-0.39, 0.29) is 0 Å². The second kappa shape index (κ2) is 5.36. The quantitative estimate of drug-likeness (QED) is 0.683. The van der Waals surface area contributed by atoms with E-state index >= 15 is 0 Å². The fourth-order valence-corrected chi connectivity index (χ4v) is 2.02. The van der Waals surface area contributed by atoms with Gasteiger partial charge < -0.3 is 0 Å². The molecule has 0 fully saturated rings. The fourth-order valence-electron chi connectivity index (χ4n) is 1.46. The third-order valence-electron chi connectivity index (χ3n) is 2.22. The maximum Gasteiger partial charge on any atom is 0.00371 e. The fraction of sp³-hybridized carbons (Fsp3) is 0.455. The summed E-state index contributed by atoms with van der Waals surface area (Å²) in [5.74, 6) is 0.727. The molecule has 0 spiro atoms. The standard InChI is InChI=1S/C11H15Br/c1-2-10(8-9-12)11-6-4-3-5-7-11/h3-7,10H,2,8-9H2,1H3. The number of hydrogen-bond acceptors (Lipinski definition) is 0. The zero-order valence-electron chi connectivity index (χ0n) is 7.46. The summed E-state index contributed by atoms with van der Waals surface area (Å²) in [6, 6.07) is 10.7. The van der Waals surface area contributed by atoms with Crippen molar-refractivity contribution in [1.29, 1.82) is 0 Å². The molecule has 0 nitrogen and oxygen atoms in total. The molecule has 1 heteroatoms. The Morgan fingerprint density at radius 1 is 1.25 bits per heavy atom. The molecule has 1 atom stereocenters. The van der Waals surface area contributed by atoms with Crippen LogP contribution in [0, 0.1) is 0 Å². The zero-order chi connectivity index (χ0) is 8.81. The van der Waals surface area contributed by atoms with E-state index in [9.17, 15) is 0 Å². The maximum absolute atomic E-state index is 3.49. The van der Waals surface area contributed by atoms with Crippen molar-refractivity contribution in [3.8, 4) is 0 Å². The third-order valence-corrected chi connectivity index (χ3v) is 2.68. The first kappa shape index (κ1) is 9.79. The predicted octanol–water partition coefficient (Wildman–Crippen LogP) is 3.97. The summed E-state index contributed by atoms with van der Waals surface area (Å²) in [5, 5.41) is 1.10. The number of halogens is 1. The number of hydrogen-bond donors (Lipinski definition) is 0. The molecule has 0 aliphatic rings. The highest BCUT2D eigenvalue weighted by Gasteiger charge is 2.06. The highest BCUT2D eigenvalue weighted by Crippen LogP contribution is 2.23. The van der Waals surface area contributed by atoms with Crippen LogP contribution in [0.5, 0.6) is 0 Å². The van der Waals surface area contributed by atoms with E-state index in [4.69, 9.17) is 0 Å². The van der Waals surface area contributed by atoms with Crippen molar-refractivity contribution in [2.45, 2.75) is 25.7 Å². The molecule has 1 unspecified atom stereocenters. The molecule has 12 heavy (non-hydrogen) atoms. The smallest absolute Gasteiger partial charge is 0.00371 e. The van der Waals surface area contributed by atoms with Gasteiger partial charge in [0.15, 0.2) is 0 Å². The molecule has 0 saturated heterocycles. The molecule has 0 N–H and O–H groups in total. The molecule has 0 bridgehead atoms. The largest absolute Gasteiger partial charge is 0.0928 e. The first-order valence-electron chi connectivity index (χ1n) is 4.49. The number of rotatable bonds is 4. The van der Waals surface area contributed by atoms with Crippen molar-refractivity contribution in [3.05, 3.63) is 35.9 Å². The Morgan fingerprint density at radius 3 is 2.42 bits per heavy atom. The number of alkyl halides is 1. The summed E-state index contributed by atoms with van der Waals surface area (Å²) < 4.78 is 0. The minimum atomic E-state index is 0.727. The summed E-state index contributed by atoms with van der Waals surface area (Å²) in [5.41, 5.74) is 1.47. The van der Waals surface area contributed by atoms with Gasteiger partial charge in [0.25, 0.3) is 0 Å². The second-order valence-corrected chi connectivity index (χ2v) is 3.79. The van der Waals surface area contributed by atoms with E-state index in [1.54, 1.807) is 0 Å². The molecular formula is C11H15Br. The Balaban J connectivity index is 2.66. The first-order valence-corrected chi connectivity index (χ1v) is 5.61. The van der Waals surface area contributed by atoms with Crippen LogP contribution in [0.4, 0.5) is 0 Å². The van der Waals surface area contributed by atoms with Gasteiger partial charge in [-0.2, -0.15) is 0 Å². The Morgan fingerprint density at radius 2 is 1.92 bits per heavy atom. The predicted molar refractivity (Wildman–Crippen MR) is 57.9 cm³/mol. The van der Waals surface area contributed by atoms with Gasteiger partial charge in [0, 0.05) is 5.33 Å². The number of benzene rings is 1. The van der Waals surface area contributed by atoms with Crippen LogP contribution in [0.1, 0.15) is 31.2 Å². The molecule has 66 valence electrons. The van der Waals surface area contributed by atoms with Gasteiger partial charge in [0.2, 0.25) is 0 Å². The van der Waals surface area contributed by atoms with Crippen LogP contribution >= 0.6 is 15.9 Å². The Hall–Kier alpha value is -0.300. The second-order valence-electron chi connectivity index (χ2n) is 2.99. The van der Waals surface area contributed by atoms with E-state index in [1.165, 1.54) is 18.4 Å². The molecule has 0 radical (unpaired) electrons. The third kappa shape index (κ3) is 2.63. The van der Waals surface area contributed by atoms with E-state index in [1.807, 2.05) is 0 Å². The van der Waals surface area contributed by atoms with Gasteiger partial charge in [0.1, 0.15) is 0 Å². The van der Waals surface area contributed by atoms with Gasteiger partial charge in [-0.15, -0.1) is 0 Å². The molecule has 1 aromatic rings. The van der Waals surface area contributed by atoms with E-state index in [0.29, 0.717) is 0 Å². The van der Waals surface area contributed by atoms with Crippen molar-refractivity contribution < 1.29 is 0 Å². The van der Waals surface area contributed by atoms with Crippen LogP contribution in [0.2, 0.25) is 0 Å². The van der Waals surface area contributed by atoms with Gasteiger partial charge in [-0.25, -0.2) is 0 Å². The summed E-state index contributed by atoms with van der Waals surface area (Å²) in [7, 11) is 0. The van der Waals surface area contributed by atoms with Crippen molar-refractivity contribution >= 4 is 15.9 Å². The van der Waals surface area contributed by atoms with Gasteiger partial charge in [-0.05, 0) is 24.3 Å². The molecule has 1 aromatic carbocycles. The van der Waals surface area contributed by atoms with Gasteiger partial charge in [-0.1, -0.05) is 53.2 Å². The molecule has 0 saturated carbocycles. The highest BCUT2D eigenvalue weighted by molar-refractivity contribution is 9.09. The molecule has 0 amide bonds. The molecule has 0 heterocycles. The minimum absolute atomic E-state index is 0.727. The van der Waals surface area contributed by atoms with Crippen LogP contribution in [0.15, 0.2) is 30.3 Å². The molecule has 0 aromatic heterocycles. The average Bonchev–Trinajstić information content (AvgIpc) is 2.15. The SMILES string of the molecule is CCC(CCBr)c1ccccc1. The van der Waals surface area contributed by atoms with Gasteiger partial charge in [-0.3, -0.25) is 0 Å². The van der Waals surface area contributed by atoms with Crippen molar-refractivity contribution in [2.24, 2.45) is 0 Å². The Kier molecular flexibility index (Phi) is 4.37. The lowest BCUT2D eigenvalue weighted by Gasteiger charge is -2.12. The van der Waals surface area contributed by atoms with Gasteiger partial charge >= 0.3 is 0 Å². The topological polar surface area (TPSA) is 0 Å². The van der Waals surface area contributed by atoms with Crippen molar-refractivity contribution in [3.63, 3.8) is 0 Å². The van der Waals surface area contributed by atoms with Crippen LogP contribution in [0.25, 0.3) is 0 Å². The van der Waals surface area contributed by atoms with E-state index in [0.717, 1.165) is 11.2 Å². The van der Waals surface area contributed by atoms with Crippen molar-refractivity contribution in [1.82, 2.24) is 0 Å².